The zero-order valence-electron chi connectivity index (χ0n) is 14.0. The Morgan fingerprint density at radius 2 is 1.92 bits per heavy atom. The summed E-state index contributed by atoms with van der Waals surface area (Å²) in [6.07, 6.45) is 2.90. The van der Waals surface area contributed by atoms with Crippen molar-refractivity contribution in [2.24, 2.45) is 0 Å². The molecule has 6 heteroatoms. The lowest BCUT2D eigenvalue weighted by Crippen LogP contribution is -2.43. The molecule has 0 aliphatic rings. The van der Waals surface area contributed by atoms with Crippen molar-refractivity contribution in [2.45, 2.75) is 13.8 Å². The van der Waals surface area contributed by atoms with Crippen LogP contribution in [0.5, 0.6) is 5.75 Å². The molecule has 2 amide bonds. The first-order valence-electron chi connectivity index (χ1n) is 7.66. The van der Waals surface area contributed by atoms with Crippen molar-refractivity contribution in [3.63, 3.8) is 0 Å². The van der Waals surface area contributed by atoms with Gasteiger partial charge in [0.2, 0.25) is 0 Å². The Morgan fingerprint density at radius 1 is 1.12 bits per heavy atom. The first kappa shape index (κ1) is 18.5. The summed E-state index contributed by atoms with van der Waals surface area (Å²) in [5.74, 6) is -0.271. The molecule has 0 atom stereocenters. The van der Waals surface area contributed by atoms with Gasteiger partial charge < -0.3 is 4.74 Å². The van der Waals surface area contributed by atoms with Crippen molar-refractivity contribution >= 4 is 29.5 Å². The van der Waals surface area contributed by atoms with E-state index >= 15 is 0 Å². The maximum atomic E-state index is 11.7. The van der Waals surface area contributed by atoms with Gasteiger partial charge in [-0.3, -0.25) is 20.4 Å². The van der Waals surface area contributed by atoms with Gasteiger partial charge in [0.25, 0.3) is 11.8 Å². The standard InChI is InChI=1S/C19H19ClN2O3/c1-13-6-7-14(2)17(10-13)25-12-19(24)22-21-18(23)9-8-15-4-3-5-16(20)11-15/h3-11H,12H2,1-2H3,(H,21,23)(H,22,24)/b9-8+. The molecule has 0 radical (unpaired) electrons. The zero-order chi connectivity index (χ0) is 18.2. The molecule has 5 nitrogen and oxygen atoms in total. The van der Waals surface area contributed by atoms with E-state index in [0.29, 0.717) is 10.8 Å². The van der Waals surface area contributed by atoms with Crippen LogP contribution in [0.1, 0.15) is 16.7 Å². The van der Waals surface area contributed by atoms with Crippen LogP contribution in [0.4, 0.5) is 0 Å². The van der Waals surface area contributed by atoms with E-state index < -0.39 is 11.8 Å². The number of carbonyl (C=O) groups excluding carboxylic acids is 2. The van der Waals surface area contributed by atoms with E-state index in [1.54, 1.807) is 24.3 Å². The van der Waals surface area contributed by atoms with Gasteiger partial charge in [0, 0.05) is 11.1 Å². The van der Waals surface area contributed by atoms with E-state index in [9.17, 15) is 9.59 Å². The van der Waals surface area contributed by atoms with Crippen molar-refractivity contribution in [1.82, 2.24) is 10.9 Å². The van der Waals surface area contributed by atoms with Gasteiger partial charge in [0.05, 0.1) is 0 Å². The highest BCUT2D eigenvalue weighted by Crippen LogP contribution is 2.18. The van der Waals surface area contributed by atoms with Crippen molar-refractivity contribution in [1.29, 1.82) is 0 Å². The molecule has 2 aromatic rings. The van der Waals surface area contributed by atoms with Crippen LogP contribution in [0.3, 0.4) is 0 Å². The molecule has 0 heterocycles. The van der Waals surface area contributed by atoms with Crippen LogP contribution in [-0.2, 0) is 9.59 Å². The van der Waals surface area contributed by atoms with Gasteiger partial charge in [0.1, 0.15) is 5.75 Å². The number of halogens is 1. The largest absolute Gasteiger partial charge is 0.483 e. The summed E-state index contributed by atoms with van der Waals surface area (Å²) in [6, 6.07) is 12.8. The average Bonchev–Trinajstić information content (AvgIpc) is 2.59. The van der Waals surface area contributed by atoms with Crippen molar-refractivity contribution in [3.05, 3.63) is 70.3 Å². The van der Waals surface area contributed by atoms with E-state index in [0.717, 1.165) is 16.7 Å². The van der Waals surface area contributed by atoms with Gasteiger partial charge in [-0.25, -0.2) is 0 Å². The fourth-order valence-electron chi connectivity index (χ4n) is 2.00. The lowest BCUT2D eigenvalue weighted by atomic mass is 10.1. The Hall–Kier alpha value is -2.79. The third-order valence-corrected chi connectivity index (χ3v) is 3.54. The first-order valence-corrected chi connectivity index (χ1v) is 8.04. The summed E-state index contributed by atoms with van der Waals surface area (Å²) < 4.78 is 5.46. The minimum Gasteiger partial charge on any atom is -0.483 e. The number of hydrogen-bond acceptors (Lipinski definition) is 3. The Labute approximate surface area is 151 Å². The quantitative estimate of drug-likeness (QED) is 0.637. The van der Waals surface area contributed by atoms with Gasteiger partial charge in [-0.1, -0.05) is 35.9 Å². The topological polar surface area (TPSA) is 67.4 Å². The van der Waals surface area contributed by atoms with E-state index in [-0.39, 0.29) is 6.61 Å². The molecule has 2 N–H and O–H groups in total. The van der Waals surface area contributed by atoms with Crippen LogP contribution in [0.2, 0.25) is 5.02 Å². The summed E-state index contributed by atoms with van der Waals surface area (Å²) in [6.45, 7) is 3.65. The molecule has 0 saturated carbocycles. The number of hydrogen-bond donors (Lipinski definition) is 2. The average molecular weight is 359 g/mol. The smallest absolute Gasteiger partial charge is 0.276 e. The Balaban J connectivity index is 1.77. The lowest BCUT2D eigenvalue weighted by molar-refractivity contribution is -0.128. The second-order valence-electron chi connectivity index (χ2n) is 5.48. The van der Waals surface area contributed by atoms with Crippen LogP contribution in [0, 0.1) is 13.8 Å². The maximum Gasteiger partial charge on any atom is 0.276 e. The number of carbonyl (C=O) groups is 2. The molecule has 2 aromatic carbocycles. The van der Waals surface area contributed by atoms with Crippen LogP contribution < -0.4 is 15.6 Å². The highest BCUT2D eigenvalue weighted by atomic mass is 35.5. The number of benzene rings is 2. The van der Waals surface area contributed by atoms with Crippen LogP contribution >= 0.6 is 11.6 Å². The van der Waals surface area contributed by atoms with Crippen LogP contribution in [-0.4, -0.2) is 18.4 Å². The lowest BCUT2D eigenvalue weighted by Gasteiger charge is -2.10. The molecule has 25 heavy (non-hydrogen) atoms. The second kappa shape index (κ2) is 8.89. The van der Waals surface area contributed by atoms with E-state index in [1.807, 2.05) is 38.1 Å². The van der Waals surface area contributed by atoms with Crippen molar-refractivity contribution < 1.29 is 14.3 Å². The van der Waals surface area contributed by atoms with E-state index in [4.69, 9.17) is 16.3 Å². The predicted molar refractivity (Wildman–Crippen MR) is 98.2 cm³/mol. The number of nitrogens with one attached hydrogen (secondary N) is 2. The van der Waals surface area contributed by atoms with Gasteiger partial charge >= 0.3 is 0 Å². The van der Waals surface area contributed by atoms with Gasteiger partial charge in [-0.05, 0) is 54.8 Å². The highest BCUT2D eigenvalue weighted by molar-refractivity contribution is 6.30. The third kappa shape index (κ3) is 6.31. The molecule has 0 spiro atoms. The summed E-state index contributed by atoms with van der Waals surface area (Å²) >= 11 is 5.86. The minimum atomic E-state index is -0.458. The highest BCUT2D eigenvalue weighted by Gasteiger charge is 2.06. The van der Waals surface area contributed by atoms with Crippen molar-refractivity contribution in [2.75, 3.05) is 6.61 Å². The summed E-state index contributed by atoms with van der Waals surface area (Å²) in [7, 11) is 0. The Bertz CT molecular complexity index is 803. The Kier molecular flexibility index (Phi) is 6.60. The van der Waals surface area contributed by atoms with E-state index in [1.165, 1.54) is 6.08 Å². The molecular formula is C19H19ClN2O3. The minimum absolute atomic E-state index is 0.192. The Morgan fingerprint density at radius 3 is 2.68 bits per heavy atom. The SMILES string of the molecule is Cc1ccc(C)c(OCC(=O)NNC(=O)/C=C/c2cccc(Cl)c2)c1. The number of amides is 2. The molecule has 0 unspecified atom stereocenters. The third-order valence-electron chi connectivity index (χ3n) is 3.30. The molecule has 0 aliphatic heterocycles. The second-order valence-corrected chi connectivity index (χ2v) is 5.92. The van der Waals surface area contributed by atoms with Crippen LogP contribution in [0.25, 0.3) is 6.08 Å². The fourth-order valence-corrected chi connectivity index (χ4v) is 2.20. The zero-order valence-corrected chi connectivity index (χ0v) is 14.8. The molecule has 0 aliphatic carbocycles. The number of ether oxygens (including phenoxy) is 1. The monoisotopic (exact) mass is 358 g/mol. The van der Waals surface area contributed by atoms with Gasteiger partial charge in [0.15, 0.2) is 6.61 Å². The molecule has 0 aromatic heterocycles. The van der Waals surface area contributed by atoms with E-state index in [2.05, 4.69) is 10.9 Å². The summed E-state index contributed by atoms with van der Waals surface area (Å²) in [5.41, 5.74) is 7.35. The number of rotatable bonds is 5. The molecule has 130 valence electrons. The molecule has 0 bridgehead atoms. The molecule has 0 saturated heterocycles. The molecular weight excluding hydrogens is 340 g/mol. The summed E-state index contributed by atoms with van der Waals surface area (Å²) in [5, 5.41) is 0.583. The van der Waals surface area contributed by atoms with Crippen LogP contribution in [0.15, 0.2) is 48.5 Å². The maximum absolute atomic E-state index is 11.7. The normalized spacial score (nSPS) is 10.5. The predicted octanol–water partition coefficient (Wildman–Crippen LogP) is 3.20. The molecule has 2 rings (SSSR count). The van der Waals surface area contributed by atoms with Gasteiger partial charge in [-0.2, -0.15) is 0 Å². The summed E-state index contributed by atoms with van der Waals surface area (Å²) in [4.78, 5) is 23.4. The fraction of sp³-hybridized carbons (Fsp3) is 0.158. The first-order chi connectivity index (χ1) is 11.9. The number of aryl methyl sites for hydroxylation is 2. The van der Waals surface area contributed by atoms with Gasteiger partial charge in [-0.15, -0.1) is 0 Å². The molecule has 0 fully saturated rings. The number of hydrazine groups is 1. The van der Waals surface area contributed by atoms with Crippen molar-refractivity contribution in [3.8, 4) is 5.75 Å².